The van der Waals surface area contributed by atoms with Crippen LogP contribution in [0, 0.1) is 6.92 Å². The first kappa shape index (κ1) is 14.1. The molecule has 1 aliphatic heterocycles. The van der Waals surface area contributed by atoms with Crippen LogP contribution in [0.1, 0.15) is 34.3 Å². The normalized spacial score (nSPS) is 17.3. The molecule has 6 nitrogen and oxygen atoms in total. The summed E-state index contributed by atoms with van der Waals surface area (Å²) in [6, 6.07) is 9.48. The minimum atomic E-state index is -0.166. The van der Waals surface area contributed by atoms with Gasteiger partial charge in [0.2, 0.25) is 5.82 Å². The van der Waals surface area contributed by atoms with Crippen LogP contribution in [-0.2, 0) is 0 Å². The third-order valence-corrected chi connectivity index (χ3v) is 4.41. The fourth-order valence-corrected chi connectivity index (χ4v) is 2.91. The van der Waals surface area contributed by atoms with Crippen molar-refractivity contribution in [3.8, 4) is 0 Å². The minimum absolute atomic E-state index is 0.0560. The summed E-state index contributed by atoms with van der Waals surface area (Å²) in [5.74, 6) is 0.462. The number of amides is 1. The van der Waals surface area contributed by atoms with Gasteiger partial charge in [0.1, 0.15) is 0 Å². The molecule has 1 amide bonds. The predicted molar refractivity (Wildman–Crippen MR) is 85.4 cm³/mol. The van der Waals surface area contributed by atoms with Gasteiger partial charge in [0.05, 0.1) is 6.04 Å². The summed E-state index contributed by atoms with van der Waals surface area (Å²) in [5.41, 5.74) is 1.96. The highest BCUT2D eigenvalue weighted by Crippen LogP contribution is 2.34. The van der Waals surface area contributed by atoms with Crippen LogP contribution >= 0.6 is 11.6 Å². The monoisotopic (exact) mass is 327 g/mol. The number of carbonyl (C=O) groups is 1. The van der Waals surface area contributed by atoms with Crippen molar-refractivity contribution < 1.29 is 4.79 Å². The number of carbonyl (C=O) groups excluding carboxylic acids is 1. The Kier molecular flexibility index (Phi) is 3.27. The maximum Gasteiger partial charge on any atom is 0.294 e. The van der Waals surface area contributed by atoms with E-state index in [0.717, 1.165) is 17.7 Å². The summed E-state index contributed by atoms with van der Waals surface area (Å²) in [4.78, 5) is 22.9. The molecule has 1 aromatic carbocycles. The van der Waals surface area contributed by atoms with Crippen LogP contribution in [0.15, 0.2) is 36.5 Å². The van der Waals surface area contributed by atoms with Crippen LogP contribution < -0.4 is 0 Å². The topological polar surface area (TPSA) is 63.4 Å². The minimum Gasteiger partial charge on any atom is -0.329 e. The van der Waals surface area contributed by atoms with E-state index >= 15 is 0 Å². The molecule has 1 atom stereocenters. The predicted octanol–water partition coefficient (Wildman–Crippen LogP) is 2.67. The maximum absolute atomic E-state index is 12.7. The first-order chi connectivity index (χ1) is 11.1. The van der Waals surface area contributed by atoms with E-state index in [4.69, 9.17) is 11.6 Å². The van der Waals surface area contributed by atoms with Gasteiger partial charge >= 0.3 is 0 Å². The zero-order valence-electron chi connectivity index (χ0n) is 12.5. The van der Waals surface area contributed by atoms with Crippen LogP contribution in [0.2, 0.25) is 5.02 Å². The standard InChI is InChI=1S/C16H14ClN5O/c1-10-6-8-18-16-19-14(20-22(10)16)15(23)21-9-7-13(21)11-2-4-12(17)5-3-11/h2-6,8,13H,7,9H2,1H3. The van der Waals surface area contributed by atoms with Crippen molar-refractivity contribution in [2.45, 2.75) is 19.4 Å². The average molecular weight is 328 g/mol. The van der Waals surface area contributed by atoms with Gasteiger partial charge in [-0.3, -0.25) is 4.79 Å². The highest BCUT2D eigenvalue weighted by atomic mass is 35.5. The molecular formula is C16H14ClN5O. The number of rotatable bonds is 2. The van der Waals surface area contributed by atoms with Crippen LogP contribution in [0.3, 0.4) is 0 Å². The molecule has 1 fully saturated rings. The molecule has 1 unspecified atom stereocenters. The molecule has 0 saturated carbocycles. The number of benzene rings is 1. The molecule has 23 heavy (non-hydrogen) atoms. The molecule has 116 valence electrons. The molecule has 0 radical (unpaired) electrons. The number of hydrogen-bond donors (Lipinski definition) is 0. The smallest absolute Gasteiger partial charge is 0.294 e. The Morgan fingerprint density at radius 1 is 1.26 bits per heavy atom. The number of aryl methyl sites for hydroxylation is 1. The van der Waals surface area contributed by atoms with E-state index in [1.54, 1.807) is 15.6 Å². The van der Waals surface area contributed by atoms with Gasteiger partial charge in [-0.2, -0.15) is 4.98 Å². The molecule has 0 N–H and O–H groups in total. The first-order valence-electron chi connectivity index (χ1n) is 7.38. The first-order valence-corrected chi connectivity index (χ1v) is 7.76. The number of aromatic nitrogens is 4. The second kappa shape index (κ2) is 5.31. The van der Waals surface area contributed by atoms with Gasteiger partial charge in [0.15, 0.2) is 0 Å². The lowest BCUT2D eigenvalue weighted by Crippen LogP contribution is -2.45. The van der Waals surface area contributed by atoms with E-state index in [2.05, 4.69) is 15.1 Å². The molecular weight excluding hydrogens is 314 g/mol. The lowest BCUT2D eigenvalue weighted by Gasteiger charge is -2.40. The molecule has 2 aromatic heterocycles. The van der Waals surface area contributed by atoms with E-state index in [-0.39, 0.29) is 17.8 Å². The second-order valence-electron chi connectivity index (χ2n) is 5.59. The highest BCUT2D eigenvalue weighted by molar-refractivity contribution is 6.30. The van der Waals surface area contributed by atoms with Crippen molar-refractivity contribution in [3.63, 3.8) is 0 Å². The molecule has 0 aliphatic carbocycles. The second-order valence-corrected chi connectivity index (χ2v) is 6.02. The summed E-state index contributed by atoms with van der Waals surface area (Å²) < 4.78 is 1.59. The SMILES string of the molecule is Cc1ccnc2nc(C(=O)N3CCC3c3ccc(Cl)cc3)nn12. The number of fused-ring (bicyclic) bond motifs is 1. The highest BCUT2D eigenvalue weighted by Gasteiger charge is 2.35. The fourth-order valence-electron chi connectivity index (χ4n) is 2.79. The van der Waals surface area contributed by atoms with Crippen molar-refractivity contribution in [2.24, 2.45) is 0 Å². The largest absolute Gasteiger partial charge is 0.329 e. The van der Waals surface area contributed by atoms with Crippen LogP contribution in [0.4, 0.5) is 0 Å². The van der Waals surface area contributed by atoms with Gasteiger partial charge in [0.25, 0.3) is 11.7 Å². The van der Waals surface area contributed by atoms with E-state index in [1.807, 2.05) is 37.3 Å². The van der Waals surface area contributed by atoms with Gasteiger partial charge in [-0.15, -0.1) is 5.10 Å². The Balaban J connectivity index is 1.63. The van der Waals surface area contributed by atoms with Crippen molar-refractivity contribution in [1.82, 2.24) is 24.5 Å². The van der Waals surface area contributed by atoms with Gasteiger partial charge in [-0.25, -0.2) is 9.50 Å². The summed E-state index contributed by atoms with van der Waals surface area (Å²) >= 11 is 5.92. The Bertz CT molecular complexity index is 889. The van der Waals surface area contributed by atoms with Gasteiger partial charge in [0, 0.05) is 23.5 Å². The maximum atomic E-state index is 12.7. The third kappa shape index (κ3) is 2.35. The molecule has 7 heteroatoms. The quantitative estimate of drug-likeness (QED) is 0.726. The summed E-state index contributed by atoms with van der Waals surface area (Å²) in [5, 5.41) is 4.98. The zero-order chi connectivity index (χ0) is 16.0. The fraction of sp³-hybridized carbons (Fsp3) is 0.250. The third-order valence-electron chi connectivity index (χ3n) is 4.16. The molecule has 1 aliphatic rings. The molecule has 0 bridgehead atoms. The number of likely N-dealkylation sites (tertiary alicyclic amines) is 1. The Labute approximate surface area is 137 Å². The van der Waals surface area contributed by atoms with Gasteiger partial charge in [-0.05, 0) is 37.1 Å². The summed E-state index contributed by atoms with van der Waals surface area (Å²) in [6.07, 6.45) is 2.59. The van der Waals surface area contributed by atoms with Crippen molar-refractivity contribution in [3.05, 3.63) is 58.6 Å². The van der Waals surface area contributed by atoms with E-state index in [1.165, 1.54) is 0 Å². The average Bonchev–Trinajstić information content (AvgIpc) is 2.94. The van der Waals surface area contributed by atoms with Crippen LogP contribution in [0.25, 0.3) is 5.78 Å². The lowest BCUT2D eigenvalue weighted by molar-refractivity contribution is 0.0448. The van der Waals surface area contributed by atoms with E-state index in [0.29, 0.717) is 17.3 Å². The Morgan fingerprint density at radius 2 is 2.04 bits per heavy atom. The van der Waals surface area contributed by atoms with Crippen molar-refractivity contribution in [1.29, 1.82) is 0 Å². The number of nitrogens with zero attached hydrogens (tertiary/aromatic N) is 5. The van der Waals surface area contributed by atoms with Crippen molar-refractivity contribution in [2.75, 3.05) is 6.54 Å². The van der Waals surface area contributed by atoms with Crippen LogP contribution in [0.5, 0.6) is 0 Å². The van der Waals surface area contributed by atoms with Gasteiger partial charge < -0.3 is 4.90 Å². The summed E-state index contributed by atoms with van der Waals surface area (Å²) in [6.45, 7) is 2.60. The molecule has 1 saturated heterocycles. The summed E-state index contributed by atoms with van der Waals surface area (Å²) in [7, 11) is 0. The molecule has 3 aromatic rings. The van der Waals surface area contributed by atoms with E-state index < -0.39 is 0 Å². The van der Waals surface area contributed by atoms with Crippen LogP contribution in [-0.4, -0.2) is 36.9 Å². The van der Waals surface area contributed by atoms with Crippen molar-refractivity contribution >= 4 is 23.3 Å². The lowest BCUT2D eigenvalue weighted by atomic mass is 9.94. The molecule has 0 spiro atoms. The molecule has 3 heterocycles. The molecule has 4 rings (SSSR count). The van der Waals surface area contributed by atoms with Gasteiger partial charge in [-0.1, -0.05) is 23.7 Å². The number of halogens is 1. The zero-order valence-corrected chi connectivity index (χ0v) is 13.2. The van der Waals surface area contributed by atoms with E-state index in [9.17, 15) is 4.79 Å². The number of hydrogen-bond acceptors (Lipinski definition) is 4. The Morgan fingerprint density at radius 3 is 2.70 bits per heavy atom. The Hall–Kier alpha value is -2.47.